The topological polar surface area (TPSA) is 43.5 Å². The SMILES string of the molecule is CCC(OCC1CO1)OCC1CO1. The fraction of sp³-hybridized carbons (Fsp3) is 1.00. The highest BCUT2D eigenvalue weighted by Crippen LogP contribution is 2.14. The first-order valence-corrected chi connectivity index (χ1v) is 4.85. The van der Waals surface area contributed by atoms with Gasteiger partial charge in [0.25, 0.3) is 0 Å². The van der Waals surface area contributed by atoms with Gasteiger partial charge >= 0.3 is 0 Å². The molecule has 0 aliphatic carbocycles. The van der Waals surface area contributed by atoms with Crippen molar-refractivity contribution in [2.45, 2.75) is 31.8 Å². The van der Waals surface area contributed by atoms with E-state index in [4.69, 9.17) is 18.9 Å². The van der Waals surface area contributed by atoms with Gasteiger partial charge in [-0.05, 0) is 6.42 Å². The third-order valence-corrected chi connectivity index (χ3v) is 2.07. The van der Waals surface area contributed by atoms with Gasteiger partial charge in [0.1, 0.15) is 12.2 Å². The monoisotopic (exact) mass is 188 g/mol. The molecular weight excluding hydrogens is 172 g/mol. The molecule has 0 radical (unpaired) electrons. The average Bonchev–Trinajstić information content (AvgIpc) is 3.01. The lowest BCUT2D eigenvalue weighted by Gasteiger charge is -2.15. The molecule has 4 heteroatoms. The molecule has 2 saturated heterocycles. The average molecular weight is 188 g/mol. The Labute approximate surface area is 78.1 Å². The molecule has 2 atom stereocenters. The van der Waals surface area contributed by atoms with Gasteiger partial charge in [-0.15, -0.1) is 0 Å². The van der Waals surface area contributed by atoms with Crippen molar-refractivity contribution in [3.8, 4) is 0 Å². The molecule has 2 heterocycles. The molecule has 2 fully saturated rings. The Morgan fingerprint density at radius 1 is 1.15 bits per heavy atom. The van der Waals surface area contributed by atoms with Crippen LogP contribution in [0.5, 0.6) is 0 Å². The van der Waals surface area contributed by atoms with Crippen LogP contribution in [-0.4, -0.2) is 44.9 Å². The molecule has 0 bridgehead atoms. The molecule has 76 valence electrons. The molecule has 0 aromatic rings. The van der Waals surface area contributed by atoms with Crippen molar-refractivity contribution >= 4 is 0 Å². The van der Waals surface area contributed by atoms with E-state index >= 15 is 0 Å². The van der Waals surface area contributed by atoms with E-state index in [1.54, 1.807) is 0 Å². The highest BCUT2D eigenvalue weighted by molar-refractivity contribution is 4.69. The van der Waals surface area contributed by atoms with Crippen LogP contribution in [0, 0.1) is 0 Å². The summed E-state index contributed by atoms with van der Waals surface area (Å²) < 4.78 is 21.1. The molecule has 13 heavy (non-hydrogen) atoms. The molecule has 0 aromatic heterocycles. The summed E-state index contributed by atoms with van der Waals surface area (Å²) in [4.78, 5) is 0. The zero-order valence-electron chi connectivity index (χ0n) is 7.90. The van der Waals surface area contributed by atoms with Gasteiger partial charge in [0.15, 0.2) is 6.29 Å². The summed E-state index contributed by atoms with van der Waals surface area (Å²) in [5.74, 6) is 0. The van der Waals surface area contributed by atoms with Gasteiger partial charge in [0.05, 0.1) is 26.4 Å². The van der Waals surface area contributed by atoms with Gasteiger partial charge in [0, 0.05) is 0 Å². The molecule has 4 nitrogen and oxygen atoms in total. The van der Waals surface area contributed by atoms with E-state index in [1.165, 1.54) is 0 Å². The van der Waals surface area contributed by atoms with E-state index in [9.17, 15) is 0 Å². The Morgan fingerprint density at radius 3 is 1.92 bits per heavy atom. The van der Waals surface area contributed by atoms with Crippen LogP contribution < -0.4 is 0 Å². The van der Waals surface area contributed by atoms with Crippen molar-refractivity contribution in [3.05, 3.63) is 0 Å². The predicted molar refractivity (Wildman–Crippen MR) is 45.5 cm³/mol. The normalized spacial score (nSPS) is 33.0. The van der Waals surface area contributed by atoms with E-state index < -0.39 is 0 Å². The summed E-state index contributed by atoms with van der Waals surface area (Å²) in [5, 5.41) is 0. The molecule has 0 N–H and O–H groups in total. The van der Waals surface area contributed by atoms with E-state index in [0.717, 1.165) is 19.6 Å². The lowest BCUT2D eigenvalue weighted by atomic mass is 10.4. The maximum atomic E-state index is 5.49. The Hall–Kier alpha value is -0.160. The van der Waals surface area contributed by atoms with Crippen LogP contribution >= 0.6 is 0 Å². The van der Waals surface area contributed by atoms with Crippen molar-refractivity contribution in [1.29, 1.82) is 0 Å². The molecule has 2 rings (SSSR count). The van der Waals surface area contributed by atoms with Crippen molar-refractivity contribution in [2.24, 2.45) is 0 Å². The quantitative estimate of drug-likeness (QED) is 0.432. The minimum atomic E-state index is -0.0894. The van der Waals surface area contributed by atoms with Crippen molar-refractivity contribution in [2.75, 3.05) is 26.4 Å². The van der Waals surface area contributed by atoms with Crippen LogP contribution in [-0.2, 0) is 18.9 Å². The van der Waals surface area contributed by atoms with Crippen LogP contribution in [0.2, 0.25) is 0 Å². The van der Waals surface area contributed by atoms with Crippen LogP contribution in [0.1, 0.15) is 13.3 Å². The van der Waals surface area contributed by atoms with Crippen molar-refractivity contribution in [1.82, 2.24) is 0 Å². The Balaban J connectivity index is 1.53. The molecule has 0 saturated carbocycles. The minimum absolute atomic E-state index is 0.0894. The van der Waals surface area contributed by atoms with Crippen LogP contribution in [0.25, 0.3) is 0 Å². The second kappa shape index (κ2) is 4.37. The summed E-state index contributed by atoms with van der Waals surface area (Å²) in [6, 6.07) is 0. The first-order valence-electron chi connectivity index (χ1n) is 4.85. The summed E-state index contributed by atoms with van der Waals surface area (Å²) >= 11 is 0. The van der Waals surface area contributed by atoms with E-state index in [-0.39, 0.29) is 6.29 Å². The maximum absolute atomic E-state index is 5.49. The third-order valence-electron chi connectivity index (χ3n) is 2.07. The molecule has 0 spiro atoms. The van der Waals surface area contributed by atoms with Gasteiger partial charge in [-0.3, -0.25) is 0 Å². The summed E-state index contributed by atoms with van der Waals surface area (Å²) in [6.45, 7) is 5.03. The van der Waals surface area contributed by atoms with Gasteiger partial charge in [-0.1, -0.05) is 6.92 Å². The van der Waals surface area contributed by atoms with Gasteiger partial charge in [0.2, 0.25) is 0 Å². The van der Waals surface area contributed by atoms with E-state index in [2.05, 4.69) is 0 Å². The smallest absolute Gasteiger partial charge is 0.157 e. The van der Waals surface area contributed by atoms with Gasteiger partial charge in [-0.25, -0.2) is 0 Å². The highest BCUT2D eigenvalue weighted by atomic mass is 16.7. The Morgan fingerprint density at radius 2 is 1.62 bits per heavy atom. The Bertz CT molecular complexity index is 138. The zero-order valence-corrected chi connectivity index (χ0v) is 7.90. The Kier molecular flexibility index (Phi) is 3.16. The molecular formula is C9H16O4. The van der Waals surface area contributed by atoms with Crippen LogP contribution in [0.3, 0.4) is 0 Å². The largest absolute Gasteiger partial charge is 0.371 e. The lowest BCUT2D eigenvalue weighted by Crippen LogP contribution is -2.21. The maximum Gasteiger partial charge on any atom is 0.157 e. The van der Waals surface area contributed by atoms with Crippen molar-refractivity contribution < 1.29 is 18.9 Å². The summed E-state index contributed by atoms with van der Waals surface area (Å²) in [6.07, 6.45) is 1.41. The summed E-state index contributed by atoms with van der Waals surface area (Å²) in [7, 11) is 0. The molecule has 2 aliphatic rings. The minimum Gasteiger partial charge on any atom is -0.371 e. The number of epoxide rings is 2. The number of rotatable bonds is 7. The second-order valence-corrected chi connectivity index (χ2v) is 3.42. The van der Waals surface area contributed by atoms with Gasteiger partial charge < -0.3 is 18.9 Å². The first kappa shape index (κ1) is 9.40. The first-order chi connectivity index (χ1) is 6.38. The molecule has 0 amide bonds. The van der Waals surface area contributed by atoms with E-state index in [1.807, 2.05) is 6.92 Å². The summed E-state index contributed by atoms with van der Waals surface area (Å²) in [5.41, 5.74) is 0. The van der Waals surface area contributed by atoms with Crippen LogP contribution in [0.4, 0.5) is 0 Å². The van der Waals surface area contributed by atoms with Gasteiger partial charge in [-0.2, -0.15) is 0 Å². The molecule has 2 aliphatic heterocycles. The zero-order chi connectivity index (χ0) is 9.10. The standard InChI is InChI=1S/C9H16O4/c1-2-9(12-5-7-3-10-7)13-6-8-4-11-8/h7-9H,2-6H2,1H3. The van der Waals surface area contributed by atoms with Crippen LogP contribution in [0.15, 0.2) is 0 Å². The lowest BCUT2D eigenvalue weighted by molar-refractivity contribution is -0.148. The number of hydrogen-bond acceptors (Lipinski definition) is 4. The fourth-order valence-corrected chi connectivity index (χ4v) is 1.04. The predicted octanol–water partition coefficient (Wildman–Crippen LogP) is 0.553. The van der Waals surface area contributed by atoms with E-state index in [0.29, 0.717) is 25.4 Å². The molecule has 0 aromatic carbocycles. The highest BCUT2D eigenvalue weighted by Gasteiger charge is 2.26. The number of ether oxygens (including phenoxy) is 4. The number of hydrogen-bond donors (Lipinski definition) is 0. The molecule has 2 unspecified atom stereocenters. The van der Waals surface area contributed by atoms with Crippen molar-refractivity contribution in [3.63, 3.8) is 0 Å². The second-order valence-electron chi connectivity index (χ2n) is 3.42. The fourth-order valence-electron chi connectivity index (χ4n) is 1.04. The third kappa shape index (κ3) is 3.60.